The number of nitrogens with zero attached hydrogens (tertiary/aromatic N) is 3. The van der Waals surface area contributed by atoms with Gasteiger partial charge in [-0.2, -0.15) is 9.29 Å². The van der Waals surface area contributed by atoms with E-state index in [1.54, 1.807) is 13.0 Å². The number of aromatic nitrogens is 2. The van der Waals surface area contributed by atoms with Gasteiger partial charge in [-0.25, -0.2) is 17.8 Å². The lowest BCUT2D eigenvalue weighted by molar-refractivity contribution is 0.129. The Morgan fingerprint density at radius 1 is 1.15 bits per heavy atom. The number of halogens is 1. The zero-order valence-corrected chi connectivity index (χ0v) is 16.3. The largest absolute Gasteiger partial charge is 0.494 e. The summed E-state index contributed by atoms with van der Waals surface area (Å²) in [7, 11) is -2.43. The van der Waals surface area contributed by atoms with Crippen LogP contribution in [0.15, 0.2) is 29.2 Å². The van der Waals surface area contributed by atoms with Crippen molar-refractivity contribution in [1.82, 2.24) is 14.3 Å². The Kier molecular flexibility index (Phi) is 5.61. The maximum absolute atomic E-state index is 13.9. The first-order valence-corrected chi connectivity index (χ1v) is 10.1. The van der Waals surface area contributed by atoms with Gasteiger partial charge >= 0.3 is 0 Å². The average molecular weight is 395 g/mol. The van der Waals surface area contributed by atoms with Gasteiger partial charge in [-0.1, -0.05) is 0 Å². The fourth-order valence-corrected chi connectivity index (χ4v) is 4.54. The van der Waals surface area contributed by atoms with E-state index in [0.717, 1.165) is 11.8 Å². The molecular formula is C18H22FN3O4S. The number of piperidine rings is 1. The predicted octanol–water partition coefficient (Wildman–Crippen LogP) is 2.47. The normalized spacial score (nSPS) is 16.3. The Hall–Kier alpha value is -2.26. The molecule has 2 heterocycles. The second-order valence-electron chi connectivity index (χ2n) is 6.41. The van der Waals surface area contributed by atoms with Crippen molar-refractivity contribution < 1.29 is 22.3 Å². The van der Waals surface area contributed by atoms with Gasteiger partial charge in [0, 0.05) is 24.8 Å². The molecular weight excluding hydrogens is 373 g/mol. The highest BCUT2D eigenvalue weighted by atomic mass is 32.2. The molecule has 9 heteroatoms. The molecule has 3 rings (SSSR count). The van der Waals surface area contributed by atoms with Crippen molar-refractivity contribution >= 4 is 10.0 Å². The molecule has 1 fully saturated rings. The van der Waals surface area contributed by atoms with E-state index in [9.17, 15) is 12.8 Å². The van der Waals surface area contributed by atoms with Crippen molar-refractivity contribution in [2.75, 3.05) is 20.2 Å². The SMILES string of the molecule is COc1ccc(S(=O)(=O)N2CCC(Oc3cc(C)nc(C)n3)CC2)cc1F. The minimum absolute atomic E-state index is 0.0106. The molecule has 0 spiro atoms. The van der Waals surface area contributed by atoms with Crippen molar-refractivity contribution in [1.29, 1.82) is 0 Å². The fourth-order valence-electron chi connectivity index (χ4n) is 3.06. The summed E-state index contributed by atoms with van der Waals surface area (Å²) < 4.78 is 51.4. The fraction of sp³-hybridized carbons (Fsp3) is 0.444. The molecule has 0 unspecified atom stereocenters. The molecule has 0 aliphatic carbocycles. The molecule has 146 valence electrons. The first kappa shape index (κ1) is 19.5. The summed E-state index contributed by atoms with van der Waals surface area (Å²) in [5.41, 5.74) is 0.819. The summed E-state index contributed by atoms with van der Waals surface area (Å²) in [5, 5.41) is 0. The zero-order valence-electron chi connectivity index (χ0n) is 15.5. The minimum atomic E-state index is -3.76. The number of aryl methyl sites for hydroxylation is 2. The highest BCUT2D eigenvalue weighted by molar-refractivity contribution is 7.89. The Morgan fingerprint density at radius 2 is 1.85 bits per heavy atom. The average Bonchev–Trinajstić information content (AvgIpc) is 2.61. The highest BCUT2D eigenvalue weighted by Crippen LogP contribution is 2.26. The summed E-state index contributed by atoms with van der Waals surface area (Å²) in [6.45, 7) is 4.25. The third kappa shape index (κ3) is 4.36. The summed E-state index contributed by atoms with van der Waals surface area (Å²) in [6.07, 6.45) is 0.928. The lowest BCUT2D eigenvalue weighted by Crippen LogP contribution is -2.41. The second kappa shape index (κ2) is 7.77. The topological polar surface area (TPSA) is 81.6 Å². The van der Waals surface area contributed by atoms with Gasteiger partial charge in [-0.15, -0.1) is 0 Å². The summed E-state index contributed by atoms with van der Waals surface area (Å²) in [5.74, 6) is 0.438. The van der Waals surface area contributed by atoms with Crippen LogP contribution in [0.4, 0.5) is 4.39 Å². The van der Waals surface area contributed by atoms with Gasteiger partial charge in [0.1, 0.15) is 11.9 Å². The molecule has 7 nitrogen and oxygen atoms in total. The van der Waals surface area contributed by atoms with Crippen molar-refractivity contribution in [3.8, 4) is 11.6 Å². The van der Waals surface area contributed by atoms with Crippen molar-refractivity contribution in [3.63, 3.8) is 0 Å². The van der Waals surface area contributed by atoms with Crippen LogP contribution in [0.3, 0.4) is 0 Å². The van der Waals surface area contributed by atoms with Crippen LogP contribution in [0.1, 0.15) is 24.4 Å². The van der Waals surface area contributed by atoms with Crippen LogP contribution in [-0.4, -0.2) is 49.0 Å². The minimum Gasteiger partial charge on any atom is -0.494 e. The summed E-state index contributed by atoms with van der Waals surface area (Å²) >= 11 is 0. The van der Waals surface area contributed by atoms with E-state index in [1.165, 1.54) is 23.5 Å². The molecule has 1 aliphatic heterocycles. The molecule has 0 saturated carbocycles. The van der Waals surface area contributed by atoms with Crippen LogP contribution in [0, 0.1) is 19.7 Å². The summed E-state index contributed by atoms with van der Waals surface area (Å²) in [4.78, 5) is 8.38. The Morgan fingerprint density at radius 3 is 2.44 bits per heavy atom. The highest BCUT2D eigenvalue weighted by Gasteiger charge is 2.31. The van der Waals surface area contributed by atoms with E-state index < -0.39 is 15.8 Å². The van der Waals surface area contributed by atoms with Crippen molar-refractivity contribution in [2.45, 2.75) is 37.7 Å². The predicted molar refractivity (Wildman–Crippen MR) is 96.9 cm³/mol. The first-order chi connectivity index (χ1) is 12.8. The molecule has 27 heavy (non-hydrogen) atoms. The number of ether oxygens (including phenoxy) is 2. The lowest BCUT2D eigenvalue weighted by Gasteiger charge is -2.31. The standard InChI is InChI=1S/C18H22FN3O4S/c1-12-10-18(21-13(2)20-12)26-14-6-8-22(9-7-14)27(23,24)15-4-5-17(25-3)16(19)11-15/h4-5,10-11,14H,6-9H2,1-3H3. The van der Waals surface area contributed by atoms with Gasteiger partial charge in [0.05, 0.1) is 12.0 Å². The van der Waals surface area contributed by atoms with Crippen molar-refractivity contribution in [2.24, 2.45) is 0 Å². The summed E-state index contributed by atoms with van der Waals surface area (Å²) in [6, 6.07) is 5.42. The van der Waals surface area contributed by atoms with Crippen LogP contribution in [0.2, 0.25) is 0 Å². The molecule has 1 aliphatic rings. The monoisotopic (exact) mass is 395 g/mol. The smallest absolute Gasteiger partial charge is 0.243 e. The molecule has 1 aromatic heterocycles. The van der Waals surface area contributed by atoms with Crippen LogP contribution in [0.25, 0.3) is 0 Å². The molecule has 0 atom stereocenters. The van der Waals surface area contributed by atoms with E-state index >= 15 is 0 Å². The van der Waals surface area contributed by atoms with E-state index in [2.05, 4.69) is 9.97 Å². The Balaban J connectivity index is 1.66. The molecule has 0 radical (unpaired) electrons. The Bertz CT molecular complexity index is 908. The van der Waals surface area contributed by atoms with E-state index in [1.807, 2.05) is 6.92 Å². The third-order valence-corrected chi connectivity index (χ3v) is 6.29. The number of hydrogen-bond acceptors (Lipinski definition) is 6. The van der Waals surface area contributed by atoms with Gasteiger partial charge in [-0.05, 0) is 44.9 Å². The third-order valence-electron chi connectivity index (χ3n) is 4.39. The van der Waals surface area contributed by atoms with E-state index in [-0.39, 0.29) is 16.7 Å². The number of rotatable bonds is 5. The van der Waals surface area contributed by atoms with Crippen molar-refractivity contribution in [3.05, 3.63) is 41.6 Å². The van der Waals surface area contributed by atoms with Gasteiger partial charge in [0.25, 0.3) is 0 Å². The van der Waals surface area contributed by atoms with Gasteiger partial charge in [0.2, 0.25) is 15.9 Å². The number of benzene rings is 1. The van der Waals surface area contributed by atoms with Crippen LogP contribution >= 0.6 is 0 Å². The zero-order chi connectivity index (χ0) is 19.6. The first-order valence-electron chi connectivity index (χ1n) is 8.62. The van der Waals surface area contributed by atoms with Gasteiger partial charge in [0.15, 0.2) is 11.6 Å². The van der Waals surface area contributed by atoms with Gasteiger partial charge < -0.3 is 9.47 Å². The second-order valence-corrected chi connectivity index (χ2v) is 8.35. The van der Waals surface area contributed by atoms with Crippen LogP contribution < -0.4 is 9.47 Å². The van der Waals surface area contributed by atoms with Gasteiger partial charge in [-0.3, -0.25) is 0 Å². The number of sulfonamides is 1. The molecule has 0 N–H and O–H groups in total. The Labute approximate surface area is 158 Å². The lowest BCUT2D eigenvalue weighted by atomic mass is 10.1. The molecule has 1 saturated heterocycles. The van der Waals surface area contributed by atoms with E-state index in [0.29, 0.717) is 37.6 Å². The quantitative estimate of drug-likeness (QED) is 0.774. The molecule has 0 amide bonds. The number of methoxy groups -OCH3 is 1. The molecule has 0 bridgehead atoms. The van der Waals surface area contributed by atoms with Crippen LogP contribution in [0.5, 0.6) is 11.6 Å². The van der Waals surface area contributed by atoms with E-state index in [4.69, 9.17) is 9.47 Å². The molecule has 1 aromatic carbocycles. The van der Waals surface area contributed by atoms with Crippen LogP contribution in [-0.2, 0) is 10.0 Å². The number of hydrogen-bond donors (Lipinski definition) is 0. The molecule has 2 aromatic rings. The maximum atomic E-state index is 13.9. The maximum Gasteiger partial charge on any atom is 0.243 e.